The van der Waals surface area contributed by atoms with E-state index >= 15 is 0 Å². The third kappa shape index (κ3) is 2.59. The molecule has 3 heterocycles. The number of carbonyl (C=O) groups excluding carboxylic acids is 1. The molecule has 1 amide bonds. The van der Waals surface area contributed by atoms with Crippen LogP contribution in [0.2, 0.25) is 0 Å². The maximum atomic E-state index is 12.7. The maximum Gasteiger partial charge on any atom is 0.265 e. The molecule has 0 fully saturated rings. The largest absolute Gasteiger partial charge is 0.488 e. The predicted octanol–water partition coefficient (Wildman–Crippen LogP) is 4.33. The molecule has 1 N–H and O–H groups in total. The Balaban J connectivity index is 1.41. The van der Waals surface area contributed by atoms with E-state index in [1.807, 2.05) is 42.5 Å². The second-order valence-corrected chi connectivity index (χ2v) is 7.11. The highest BCUT2D eigenvalue weighted by Gasteiger charge is 2.22. The van der Waals surface area contributed by atoms with Gasteiger partial charge in [0.1, 0.15) is 25.6 Å². The number of para-hydroxylation sites is 1. The van der Waals surface area contributed by atoms with E-state index in [1.54, 1.807) is 6.07 Å². The minimum absolute atomic E-state index is 0.140. The van der Waals surface area contributed by atoms with E-state index in [1.165, 1.54) is 11.3 Å². The summed E-state index contributed by atoms with van der Waals surface area (Å²) in [6.07, 6.45) is 0. The first-order chi connectivity index (χ1) is 12.8. The summed E-state index contributed by atoms with van der Waals surface area (Å²) in [6, 6.07) is 15.2. The first-order valence-corrected chi connectivity index (χ1v) is 9.15. The molecular formula is C20H15NO4S. The molecule has 0 saturated carbocycles. The Bertz CT molecular complexity index is 1010. The zero-order valence-electron chi connectivity index (χ0n) is 13.8. The number of carbonyl (C=O) groups is 1. The third-order valence-corrected chi connectivity index (χ3v) is 5.56. The molecule has 2 aliphatic rings. The fourth-order valence-corrected chi connectivity index (χ4v) is 4.22. The summed E-state index contributed by atoms with van der Waals surface area (Å²) in [6.45, 7) is 1.55. The Morgan fingerprint density at radius 1 is 0.923 bits per heavy atom. The lowest BCUT2D eigenvalue weighted by Crippen LogP contribution is -2.16. The number of fused-ring (bicyclic) bond motifs is 4. The summed E-state index contributed by atoms with van der Waals surface area (Å²) < 4.78 is 16.8. The summed E-state index contributed by atoms with van der Waals surface area (Å²) >= 11 is 1.49. The monoisotopic (exact) mass is 365 g/mol. The molecule has 2 aromatic carbocycles. The summed E-state index contributed by atoms with van der Waals surface area (Å²) in [5, 5.41) is 2.94. The van der Waals surface area contributed by atoms with Gasteiger partial charge in [0.15, 0.2) is 11.5 Å². The van der Waals surface area contributed by atoms with Gasteiger partial charge >= 0.3 is 0 Å². The van der Waals surface area contributed by atoms with Crippen molar-refractivity contribution in [3.05, 3.63) is 59.0 Å². The molecule has 130 valence electrons. The van der Waals surface area contributed by atoms with Gasteiger partial charge in [-0.1, -0.05) is 12.1 Å². The van der Waals surface area contributed by atoms with Gasteiger partial charge in [0.25, 0.3) is 5.91 Å². The van der Waals surface area contributed by atoms with Crippen molar-refractivity contribution in [2.45, 2.75) is 6.61 Å². The van der Waals surface area contributed by atoms with Crippen LogP contribution in [0.15, 0.2) is 48.5 Å². The first-order valence-electron chi connectivity index (χ1n) is 8.34. The van der Waals surface area contributed by atoms with E-state index in [0.717, 1.165) is 21.8 Å². The van der Waals surface area contributed by atoms with E-state index in [2.05, 4.69) is 5.32 Å². The van der Waals surface area contributed by atoms with Gasteiger partial charge in [0.05, 0.1) is 4.88 Å². The molecular weight excluding hydrogens is 350 g/mol. The molecule has 5 nitrogen and oxygen atoms in total. The molecule has 0 aliphatic carbocycles. The van der Waals surface area contributed by atoms with Crippen LogP contribution in [0.1, 0.15) is 15.2 Å². The number of hydrogen-bond acceptors (Lipinski definition) is 5. The summed E-state index contributed by atoms with van der Waals surface area (Å²) in [7, 11) is 0. The smallest absolute Gasteiger partial charge is 0.265 e. The minimum atomic E-state index is -0.140. The molecule has 0 bridgehead atoms. The lowest BCUT2D eigenvalue weighted by molar-refractivity contribution is 0.103. The molecule has 1 aromatic heterocycles. The molecule has 3 aromatic rings. The number of thiophene rings is 1. The molecule has 0 radical (unpaired) electrons. The first kappa shape index (κ1) is 15.3. The SMILES string of the molecule is O=C(Nc1ccc2c(c1)OCCO2)c1cc2c(s1)-c1ccccc1OC2. The average molecular weight is 365 g/mol. The van der Waals surface area contributed by atoms with Crippen LogP contribution >= 0.6 is 11.3 Å². The number of rotatable bonds is 2. The van der Waals surface area contributed by atoms with Gasteiger partial charge in [0, 0.05) is 27.8 Å². The van der Waals surface area contributed by atoms with Crippen molar-refractivity contribution in [2.24, 2.45) is 0 Å². The molecule has 0 spiro atoms. The quantitative estimate of drug-likeness (QED) is 0.734. The Hall–Kier alpha value is -2.99. The molecule has 26 heavy (non-hydrogen) atoms. The van der Waals surface area contributed by atoms with E-state index in [0.29, 0.717) is 41.9 Å². The van der Waals surface area contributed by atoms with E-state index < -0.39 is 0 Å². The zero-order valence-corrected chi connectivity index (χ0v) is 14.6. The molecule has 6 heteroatoms. The van der Waals surface area contributed by atoms with Gasteiger partial charge in [-0.15, -0.1) is 11.3 Å². The van der Waals surface area contributed by atoms with Crippen molar-refractivity contribution in [3.63, 3.8) is 0 Å². The molecule has 0 atom stereocenters. The van der Waals surface area contributed by atoms with Gasteiger partial charge < -0.3 is 19.5 Å². The fraction of sp³-hybridized carbons (Fsp3) is 0.150. The standard InChI is InChI=1S/C20H15NO4S/c22-20(21-13-5-6-16-17(10-13)24-8-7-23-16)18-9-12-11-25-15-4-2-1-3-14(15)19(12)26-18/h1-6,9-10H,7-8,11H2,(H,21,22). The van der Waals surface area contributed by atoms with Gasteiger partial charge in [0.2, 0.25) is 0 Å². The van der Waals surface area contributed by atoms with E-state index in [4.69, 9.17) is 14.2 Å². The minimum Gasteiger partial charge on any atom is -0.488 e. The van der Waals surface area contributed by atoms with Crippen molar-refractivity contribution in [1.29, 1.82) is 0 Å². The lowest BCUT2D eigenvalue weighted by Gasteiger charge is -2.18. The number of ether oxygens (including phenoxy) is 3. The zero-order chi connectivity index (χ0) is 17.5. The summed E-state index contributed by atoms with van der Waals surface area (Å²) in [5.74, 6) is 2.08. The molecule has 5 rings (SSSR count). The van der Waals surface area contributed by atoms with Crippen LogP contribution in [-0.4, -0.2) is 19.1 Å². The van der Waals surface area contributed by atoms with Gasteiger partial charge in [-0.25, -0.2) is 0 Å². The Labute approximate surface area is 154 Å². The highest BCUT2D eigenvalue weighted by atomic mass is 32.1. The van der Waals surface area contributed by atoms with Crippen LogP contribution in [-0.2, 0) is 6.61 Å². The molecule has 2 aliphatic heterocycles. The van der Waals surface area contributed by atoms with Gasteiger partial charge in [-0.2, -0.15) is 0 Å². The average Bonchev–Trinajstić information content (AvgIpc) is 3.13. The topological polar surface area (TPSA) is 56.8 Å². The Morgan fingerprint density at radius 2 is 1.77 bits per heavy atom. The van der Waals surface area contributed by atoms with Crippen molar-refractivity contribution < 1.29 is 19.0 Å². The van der Waals surface area contributed by atoms with Crippen molar-refractivity contribution in [3.8, 4) is 27.7 Å². The van der Waals surface area contributed by atoms with Crippen LogP contribution in [0.3, 0.4) is 0 Å². The normalized spacial score (nSPS) is 14.0. The van der Waals surface area contributed by atoms with Gasteiger partial charge in [-0.3, -0.25) is 4.79 Å². The van der Waals surface area contributed by atoms with Gasteiger partial charge in [-0.05, 0) is 30.3 Å². The summed E-state index contributed by atoms with van der Waals surface area (Å²) in [5.41, 5.74) is 2.76. The molecule has 0 unspecified atom stereocenters. The second kappa shape index (κ2) is 6.07. The second-order valence-electron chi connectivity index (χ2n) is 6.06. The van der Waals surface area contributed by atoms with E-state index in [9.17, 15) is 4.79 Å². The highest BCUT2D eigenvalue weighted by molar-refractivity contribution is 7.17. The number of anilines is 1. The number of hydrogen-bond donors (Lipinski definition) is 1. The highest BCUT2D eigenvalue weighted by Crippen LogP contribution is 2.42. The summed E-state index contributed by atoms with van der Waals surface area (Å²) in [4.78, 5) is 14.5. The maximum absolute atomic E-state index is 12.7. The van der Waals surface area contributed by atoms with Crippen LogP contribution in [0.5, 0.6) is 17.2 Å². The fourth-order valence-electron chi connectivity index (χ4n) is 3.13. The number of benzene rings is 2. The third-order valence-electron chi connectivity index (χ3n) is 4.35. The van der Waals surface area contributed by atoms with Crippen LogP contribution < -0.4 is 19.5 Å². The number of amides is 1. The Kier molecular flexibility index (Phi) is 3.57. The predicted molar refractivity (Wildman–Crippen MR) is 99.5 cm³/mol. The Morgan fingerprint density at radius 3 is 2.69 bits per heavy atom. The van der Waals surface area contributed by atoms with Crippen molar-refractivity contribution >= 4 is 22.9 Å². The number of nitrogens with one attached hydrogen (secondary N) is 1. The van der Waals surface area contributed by atoms with Crippen LogP contribution in [0, 0.1) is 0 Å². The van der Waals surface area contributed by atoms with Crippen molar-refractivity contribution in [2.75, 3.05) is 18.5 Å². The van der Waals surface area contributed by atoms with Crippen LogP contribution in [0.25, 0.3) is 10.4 Å². The lowest BCUT2D eigenvalue weighted by atomic mass is 10.1. The van der Waals surface area contributed by atoms with Crippen molar-refractivity contribution in [1.82, 2.24) is 0 Å². The van der Waals surface area contributed by atoms with E-state index in [-0.39, 0.29) is 5.91 Å². The molecule has 0 saturated heterocycles. The van der Waals surface area contributed by atoms with Crippen LogP contribution in [0.4, 0.5) is 5.69 Å².